The zero-order chi connectivity index (χ0) is 33.0. The predicted octanol–water partition coefficient (Wildman–Crippen LogP) is -4.21. The zero-order valence-corrected chi connectivity index (χ0v) is 26.0. The van der Waals surface area contributed by atoms with Crippen molar-refractivity contribution in [3.63, 3.8) is 0 Å². The van der Waals surface area contributed by atoms with Gasteiger partial charge in [0.25, 0.3) is 29.3 Å². The van der Waals surface area contributed by atoms with Crippen LogP contribution in [0.15, 0.2) is 49.1 Å². The van der Waals surface area contributed by atoms with Gasteiger partial charge in [0.15, 0.2) is 0 Å². The molecule has 0 aliphatic heterocycles. The SMILES string of the molecule is Cn1cc(NC(=O)c2cc(NC(=O)c3cc(NC(=O)c4cc([N+](=O)[O-])cn4C)cn3C)cn2C)cc1C(=O)NCC[NH+]=C(N)N.[Cl-]. The van der Waals surface area contributed by atoms with Crippen molar-refractivity contribution in [3.05, 3.63) is 81.9 Å². The molecule has 0 aliphatic carbocycles. The van der Waals surface area contributed by atoms with Gasteiger partial charge in [-0.15, -0.1) is 0 Å². The summed E-state index contributed by atoms with van der Waals surface area (Å²) >= 11 is 0. The summed E-state index contributed by atoms with van der Waals surface area (Å²) in [7, 11) is 6.43. The summed E-state index contributed by atoms with van der Waals surface area (Å²) in [6.45, 7) is 0.624. The van der Waals surface area contributed by atoms with Crippen LogP contribution in [0.25, 0.3) is 0 Å². The molecule has 0 atom stereocenters. The largest absolute Gasteiger partial charge is 1.00 e. The standard InChI is InChI=1S/C27H32N12O6.ClH/c1-35-11-15(7-19(35)23(40)30-5-6-31-27(28)29)32-24(41)20-8-16(12-36(20)2)33-25(42)21-9-17(13-37(21)3)34-26(43)22-10-18(39(44)45)14-38(22)4;/h7-14H,5-6H2,1-4H3,(H,30,40)(H,32,41)(H,33,42)(H,34,43)(H4,28,29,31);1H. The Morgan fingerprint density at radius 1 is 0.696 bits per heavy atom. The van der Waals surface area contributed by atoms with Crippen molar-refractivity contribution >= 4 is 52.3 Å². The van der Waals surface area contributed by atoms with Crippen LogP contribution in [0.5, 0.6) is 0 Å². The summed E-state index contributed by atoms with van der Waals surface area (Å²) in [6.07, 6.45) is 5.90. The van der Waals surface area contributed by atoms with Crippen molar-refractivity contribution in [2.24, 2.45) is 39.7 Å². The van der Waals surface area contributed by atoms with E-state index in [9.17, 15) is 29.3 Å². The van der Waals surface area contributed by atoms with E-state index in [4.69, 9.17) is 11.5 Å². The van der Waals surface area contributed by atoms with Crippen molar-refractivity contribution in [3.8, 4) is 0 Å². The van der Waals surface area contributed by atoms with Crippen molar-refractivity contribution in [1.29, 1.82) is 0 Å². The highest BCUT2D eigenvalue weighted by Gasteiger charge is 2.21. The van der Waals surface area contributed by atoms with Crippen molar-refractivity contribution in [2.75, 3.05) is 29.0 Å². The number of nitrogens with zero attached hydrogens (tertiary/aromatic N) is 5. The Hall–Kier alpha value is -6.04. The van der Waals surface area contributed by atoms with E-state index in [1.165, 1.54) is 51.3 Å². The Labute approximate surface area is 268 Å². The number of carbonyl (C=O) groups is 4. The van der Waals surface area contributed by atoms with Crippen LogP contribution in [0.3, 0.4) is 0 Å². The van der Waals surface area contributed by atoms with Gasteiger partial charge < -0.3 is 51.9 Å². The van der Waals surface area contributed by atoms with Crippen LogP contribution in [-0.4, -0.2) is 65.9 Å². The Morgan fingerprint density at radius 3 is 1.43 bits per heavy atom. The number of aromatic nitrogens is 4. The van der Waals surface area contributed by atoms with Gasteiger partial charge in [0.2, 0.25) is 0 Å². The molecular formula is C27H33ClN12O6. The lowest BCUT2D eigenvalue weighted by Gasteiger charge is -2.03. The summed E-state index contributed by atoms with van der Waals surface area (Å²) in [5.74, 6) is -1.87. The second-order valence-corrected chi connectivity index (χ2v) is 10.1. The Bertz CT molecular complexity index is 1840. The van der Waals surface area contributed by atoms with Gasteiger partial charge in [0, 0.05) is 59.4 Å². The maximum atomic E-state index is 13.1. The highest BCUT2D eigenvalue weighted by atomic mass is 35.5. The number of amides is 4. The number of nitrogens with one attached hydrogen (secondary N) is 5. The highest BCUT2D eigenvalue weighted by Crippen LogP contribution is 2.21. The number of guanidine groups is 1. The molecule has 0 unspecified atom stereocenters. The molecule has 4 amide bonds. The topological polar surface area (TPSA) is 245 Å². The van der Waals surface area contributed by atoms with E-state index in [1.54, 1.807) is 38.1 Å². The molecule has 4 aromatic rings. The second kappa shape index (κ2) is 14.2. The zero-order valence-electron chi connectivity index (χ0n) is 25.3. The minimum absolute atomic E-state index is 0. The molecule has 0 radical (unpaired) electrons. The van der Waals surface area contributed by atoms with Crippen LogP contribution >= 0.6 is 0 Å². The van der Waals surface area contributed by atoms with Gasteiger partial charge in [-0.05, 0) is 18.2 Å². The number of nitro groups is 1. The third-order valence-corrected chi connectivity index (χ3v) is 6.66. The third-order valence-electron chi connectivity index (χ3n) is 6.66. The van der Waals surface area contributed by atoms with E-state index in [0.29, 0.717) is 29.3 Å². The molecule has 4 rings (SSSR count). The fraction of sp³-hybridized carbons (Fsp3) is 0.222. The second-order valence-electron chi connectivity index (χ2n) is 10.1. The van der Waals surface area contributed by atoms with Gasteiger partial charge in [0.05, 0.1) is 34.7 Å². The molecule has 0 fully saturated rings. The van der Waals surface area contributed by atoms with Crippen LogP contribution in [0.2, 0.25) is 0 Å². The van der Waals surface area contributed by atoms with Crippen molar-refractivity contribution < 1.29 is 41.5 Å². The van der Waals surface area contributed by atoms with Gasteiger partial charge in [-0.25, -0.2) is 0 Å². The summed E-state index contributed by atoms with van der Waals surface area (Å²) in [5.41, 5.74) is 12.3. The fourth-order valence-electron chi connectivity index (χ4n) is 4.51. The third kappa shape index (κ3) is 7.91. The summed E-state index contributed by atoms with van der Waals surface area (Å²) < 4.78 is 5.94. The Morgan fingerprint density at radius 2 is 1.07 bits per heavy atom. The van der Waals surface area contributed by atoms with Crippen molar-refractivity contribution in [2.45, 2.75) is 0 Å². The molecule has 0 saturated carbocycles. The van der Waals surface area contributed by atoms with Crippen molar-refractivity contribution in [1.82, 2.24) is 23.6 Å². The smallest absolute Gasteiger partial charge is 0.338 e. The molecule has 244 valence electrons. The minimum Gasteiger partial charge on any atom is -1.00 e. The lowest BCUT2D eigenvalue weighted by molar-refractivity contribution is -0.456. The molecule has 0 bridgehead atoms. The first-order chi connectivity index (χ1) is 21.2. The van der Waals surface area contributed by atoms with Gasteiger partial charge >= 0.3 is 5.96 Å². The molecular weight excluding hydrogens is 624 g/mol. The van der Waals surface area contributed by atoms with E-state index in [1.807, 2.05) is 0 Å². The average Bonchev–Trinajstić information content (AvgIpc) is 3.72. The number of carbonyl (C=O) groups excluding carboxylic acids is 4. The summed E-state index contributed by atoms with van der Waals surface area (Å²) in [6, 6.07) is 5.63. The number of rotatable bonds is 11. The van der Waals surface area contributed by atoms with Gasteiger partial charge in [-0.1, -0.05) is 0 Å². The number of nitrogens with two attached hydrogens (primary N) is 2. The van der Waals surface area contributed by atoms with E-state index in [0.717, 1.165) is 6.07 Å². The maximum Gasteiger partial charge on any atom is 0.338 e. The first-order valence-corrected chi connectivity index (χ1v) is 13.4. The lowest BCUT2D eigenvalue weighted by Crippen LogP contribution is -3.00. The summed E-state index contributed by atoms with van der Waals surface area (Å²) in [4.78, 5) is 64.4. The molecule has 18 nitrogen and oxygen atoms in total. The fourth-order valence-corrected chi connectivity index (χ4v) is 4.51. The van der Waals surface area contributed by atoms with E-state index in [2.05, 4.69) is 26.3 Å². The lowest BCUT2D eigenvalue weighted by atomic mass is 10.3. The van der Waals surface area contributed by atoms with E-state index >= 15 is 0 Å². The number of anilines is 3. The molecule has 19 heteroatoms. The van der Waals surface area contributed by atoms with Gasteiger partial charge in [-0.3, -0.25) is 45.8 Å². The molecule has 0 aliphatic rings. The number of halogens is 1. The number of hydrogen-bond acceptors (Lipinski definition) is 6. The molecule has 4 heterocycles. The normalized spacial score (nSPS) is 10.4. The average molecular weight is 657 g/mol. The first kappa shape index (κ1) is 34.5. The van der Waals surface area contributed by atoms with Crippen LogP contribution in [-0.2, 0) is 28.2 Å². The Kier molecular flexibility index (Phi) is 10.6. The monoisotopic (exact) mass is 656 g/mol. The summed E-state index contributed by atoms with van der Waals surface area (Å²) in [5, 5.41) is 21.8. The van der Waals surface area contributed by atoms with Crippen LogP contribution in [0, 0.1) is 10.1 Å². The van der Waals surface area contributed by atoms with Gasteiger partial charge in [0.1, 0.15) is 22.8 Å². The molecule has 0 aromatic carbocycles. The quantitative estimate of drug-likeness (QED) is 0.0274. The molecule has 0 saturated heterocycles. The molecule has 46 heavy (non-hydrogen) atoms. The van der Waals surface area contributed by atoms with Crippen LogP contribution < -0.4 is 50.1 Å². The van der Waals surface area contributed by atoms with E-state index in [-0.39, 0.29) is 53.6 Å². The van der Waals surface area contributed by atoms with Crippen LogP contribution in [0.1, 0.15) is 42.0 Å². The predicted molar refractivity (Wildman–Crippen MR) is 164 cm³/mol. The van der Waals surface area contributed by atoms with Gasteiger partial charge in [-0.2, -0.15) is 0 Å². The highest BCUT2D eigenvalue weighted by molar-refractivity contribution is 6.08. The Balaban J connectivity index is 0.00000576. The van der Waals surface area contributed by atoms with Crippen LogP contribution in [0.4, 0.5) is 22.7 Å². The molecule has 9 N–H and O–H groups in total. The first-order valence-electron chi connectivity index (χ1n) is 13.4. The maximum absolute atomic E-state index is 13.1. The number of aryl methyl sites for hydroxylation is 4. The van der Waals surface area contributed by atoms with E-state index < -0.39 is 22.6 Å². The molecule has 4 aromatic heterocycles. The number of hydrogen-bond donors (Lipinski definition) is 7. The molecule has 0 spiro atoms. The minimum atomic E-state index is -0.596.